The predicted molar refractivity (Wildman–Crippen MR) is 159 cm³/mol. The van der Waals surface area contributed by atoms with Crippen LogP contribution in [0.15, 0.2) is 41.3 Å². The van der Waals surface area contributed by atoms with E-state index in [0.717, 1.165) is 41.7 Å². The van der Waals surface area contributed by atoms with Gasteiger partial charge < -0.3 is 9.64 Å². The second-order valence-corrected chi connectivity index (χ2v) is 12.0. The van der Waals surface area contributed by atoms with Crippen LogP contribution in [0.25, 0.3) is 10.2 Å². The summed E-state index contributed by atoms with van der Waals surface area (Å²) in [6.45, 7) is 11.6. The SMILES string of the molecule is CCCCN(C)S(=O)(=O)c1ccc(C(=O)N(CCN(CC)CC)c2nc3c(OC)ccc(C)c3s2)cc1.Cl. The minimum atomic E-state index is -3.61. The third kappa shape index (κ3) is 7.04. The molecule has 38 heavy (non-hydrogen) atoms. The van der Waals surface area contributed by atoms with Crippen LogP contribution in [-0.2, 0) is 10.0 Å². The first-order valence-electron chi connectivity index (χ1n) is 12.7. The first-order chi connectivity index (χ1) is 17.7. The molecule has 3 aromatic rings. The van der Waals surface area contributed by atoms with Gasteiger partial charge in [-0.1, -0.05) is 44.6 Å². The maximum atomic E-state index is 13.8. The highest BCUT2D eigenvalue weighted by molar-refractivity contribution is 7.89. The monoisotopic (exact) mass is 582 g/mol. The molecule has 1 amide bonds. The molecule has 1 aromatic heterocycles. The first-order valence-corrected chi connectivity index (χ1v) is 15.0. The number of halogens is 1. The van der Waals surface area contributed by atoms with Crippen LogP contribution in [0.2, 0.25) is 0 Å². The first kappa shape index (κ1) is 32.0. The number of unbranched alkanes of at least 4 members (excludes halogenated alkanes) is 1. The van der Waals surface area contributed by atoms with E-state index in [4.69, 9.17) is 9.72 Å². The molecule has 0 saturated heterocycles. The summed E-state index contributed by atoms with van der Waals surface area (Å²) in [4.78, 5) is 22.7. The molecule has 0 N–H and O–H groups in total. The molecule has 0 aliphatic heterocycles. The minimum absolute atomic E-state index is 0. The number of sulfonamides is 1. The quantitative estimate of drug-likeness (QED) is 0.267. The van der Waals surface area contributed by atoms with Crippen molar-refractivity contribution in [2.24, 2.45) is 0 Å². The maximum absolute atomic E-state index is 13.8. The molecule has 0 spiro atoms. The standard InChI is InChI=1S/C27H38N4O4S2.ClH/c1-7-10-17-29(5)37(33,34)22-14-12-21(13-15-22)26(32)31(19-18-30(8-2)9-3)27-28-24-23(35-6)16-11-20(4)25(24)36-27;/h11-16H,7-10,17-19H2,1-6H3;1H. The second kappa shape index (κ2) is 14.2. The van der Waals surface area contributed by atoms with Gasteiger partial charge in [0.25, 0.3) is 5.91 Å². The molecule has 0 radical (unpaired) electrons. The Balaban J connectivity index is 0.00000507. The fourth-order valence-corrected chi connectivity index (χ4v) is 6.34. The van der Waals surface area contributed by atoms with Crippen molar-refractivity contribution in [3.05, 3.63) is 47.5 Å². The molecule has 3 rings (SSSR count). The van der Waals surface area contributed by atoms with Crippen LogP contribution < -0.4 is 9.64 Å². The lowest BCUT2D eigenvalue weighted by molar-refractivity contribution is 0.0983. The topological polar surface area (TPSA) is 83.1 Å². The predicted octanol–water partition coefficient (Wildman–Crippen LogP) is 5.44. The molecule has 2 aromatic carbocycles. The highest BCUT2D eigenvalue weighted by Gasteiger charge is 2.25. The Hall–Kier alpha value is -2.24. The molecular weight excluding hydrogens is 544 g/mol. The number of aromatic nitrogens is 1. The number of methoxy groups -OCH3 is 1. The van der Waals surface area contributed by atoms with E-state index in [2.05, 4.69) is 18.7 Å². The lowest BCUT2D eigenvalue weighted by atomic mass is 10.2. The number of ether oxygens (including phenoxy) is 1. The summed E-state index contributed by atoms with van der Waals surface area (Å²) in [6.07, 6.45) is 1.70. The van der Waals surface area contributed by atoms with Crippen molar-refractivity contribution in [2.45, 2.75) is 45.4 Å². The van der Waals surface area contributed by atoms with E-state index < -0.39 is 10.0 Å². The fraction of sp³-hybridized carbons (Fsp3) is 0.481. The highest BCUT2D eigenvalue weighted by atomic mass is 35.5. The molecule has 1 heterocycles. The van der Waals surface area contributed by atoms with Crippen molar-refractivity contribution in [1.82, 2.24) is 14.2 Å². The van der Waals surface area contributed by atoms with Gasteiger partial charge in [-0.3, -0.25) is 9.69 Å². The van der Waals surface area contributed by atoms with E-state index in [1.165, 1.54) is 27.8 Å². The lowest BCUT2D eigenvalue weighted by Gasteiger charge is -2.25. The van der Waals surface area contributed by atoms with E-state index in [-0.39, 0.29) is 23.2 Å². The van der Waals surface area contributed by atoms with Crippen molar-refractivity contribution in [1.29, 1.82) is 0 Å². The Morgan fingerprint density at radius 1 is 1.00 bits per heavy atom. The normalized spacial score (nSPS) is 11.7. The molecule has 8 nitrogen and oxygen atoms in total. The highest BCUT2D eigenvalue weighted by Crippen LogP contribution is 2.37. The second-order valence-electron chi connectivity index (χ2n) is 8.95. The Morgan fingerprint density at radius 2 is 1.66 bits per heavy atom. The zero-order valence-corrected chi connectivity index (χ0v) is 25.5. The molecule has 210 valence electrons. The van der Waals surface area contributed by atoms with Gasteiger partial charge >= 0.3 is 0 Å². The molecule has 0 atom stereocenters. The van der Waals surface area contributed by atoms with Gasteiger partial charge in [-0.15, -0.1) is 12.4 Å². The molecule has 0 unspecified atom stereocenters. The average Bonchev–Trinajstić information content (AvgIpc) is 3.36. The number of likely N-dealkylation sites (N-methyl/N-ethyl adjacent to an activating group) is 1. The van der Waals surface area contributed by atoms with Gasteiger partial charge in [-0.25, -0.2) is 17.7 Å². The van der Waals surface area contributed by atoms with E-state index in [9.17, 15) is 13.2 Å². The number of nitrogens with zero attached hydrogens (tertiary/aromatic N) is 4. The van der Waals surface area contributed by atoms with Crippen LogP contribution in [0, 0.1) is 6.92 Å². The number of fused-ring (bicyclic) bond motifs is 1. The largest absolute Gasteiger partial charge is 0.494 e. The third-order valence-electron chi connectivity index (χ3n) is 6.56. The Morgan fingerprint density at radius 3 is 2.24 bits per heavy atom. The fourth-order valence-electron chi connectivity index (χ4n) is 4.05. The number of hydrogen-bond donors (Lipinski definition) is 0. The number of carbonyl (C=O) groups excluding carboxylic acids is 1. The lowest BCUT2D eigenvalue weighted by Crippen LogP contribution is -2.38. The van der Waals surface area contributed by atoms with Crippen molar-refractivity contribution in [2.75, 3.05) is 51.8 Å². The van der Waals surface area contributed by atoms with E-state index >= 15 is 0 Å². The van der Waals surface area contributed by atoms with Crippen LogP contribution in [0.1, 0.15) is 49.5 Å². The van der Waals surface area contributed by atoms with Crippen LogP contribution in [0.3, 0.4) is 0 Å². The van der Waals surface area contributed by atoms with Crippen LogP contribution in [-0.4, -0.2) is 75.4 Å². The van der Waals surface area contributed by atoms with Gasteiger partial charge in [-0.05, 0) is 62.3 Å². The van der Waals surface area contributed by atoms with Gasteiger partial charge in [0.1, 0.15) is 11.3 Å². The molecule has 0 aliphatic rings. The summed E-state index contributed by atoms with van der Waals surface area (Å²) < 4.78 is 33.7. The van der Waals surface area contributed by atoms with E-state index in [1.54, 1.807) is 31.2 Å². The van der Waals surface area contributed by atoms with Gasteiger partial charge in [0, 0.05) is 32.2 Å². The van der Waals surface area contributed by atoms with Crippen molar-refractivity contribution < 1.29 is 17.9 Å². The third-order valence-corrected chi connectivity index (χ3v) is 9.64. The zero-order chi connectivity index (χ0) is 27.2. The number of amides is 1. The van der Waals surface area contributed by atoms with Crippen LogP contribution >= 0.6 is 23.7 Å². The molecular formula is C27H39ClN4O4S2. The molecule has 0 saturated carbocycles. The van der Waals surface area contributed by atoms with Crippen molar-refractivity contribution in [3.8, 4) is 5.75 Å². The van der Waals surface area contributed by atoms with Crippen LogP contribution in [0.4, 0.5) is 5.13 Å². The number of hydrogen-bond acceptors (Lipinski definition) is 7. The number of aryl methyl sites for hydroxylation is 1. The molecule has 0 aliphatic carbocycles. The number of anilines is 1. The van der Waals surface area contributed by atoms with E-state index in [1.807, 2.05) is 26.0 Å². The summed E-state index contributed by atoms with van der Waals surface area (Å²) in [5.74, 6) is 0.451. The van der Waals surface area contributed by atoms with Crippen molar-refractivity contribution in [3.63, 3.8) is 0 Å². The number of benzene rings is 2. The number of rotatable bonds is 13. The van der Waals surface area contributed by atoms with Gasteiger partial charge in [0.15, 0.2) is 5.13 Å². The van der Waals surface area contributed by atoms with Crippen molar-refractivity contribution >= 4 is 55.0 Å². The Bertz CT molecular complexity index is 1310. The van der Waals surface area contributed by atoms with Gasteiger partial charge in [-0.2, -0.15) is 0 Å². The summed E-state index contributed by atoms with van der Waals surface area (Å²) >= 11 is 1.46. The Labute approximate surface area is 237 Å². The summed E-state index contributed by atoms with van der Waals surface area (Å²) in [5.41, 5.74) is 2.22. The van der Waals surface area contributed by atoms with Gasteiger partial charge in [0.2, 0.25) is 10.0 Å². The summed E-state index contributed by atoms with van der Waals surface area (Å²) in [5, 5.41) is 0.593. The summed E-state index contributed by atoms with van der Waals surface area (Å²) in [7, 11) is -0.408. The van der Waals surface area contributed by atoms with Crippen LogP contribution in [0.5, 0.6) is 5.75 Å². The zero-order valence-electron chi connectivity index (χ0n) is 23.1. The Kier molecular flexibility index (Phi) is 12.0. The smallest absolute Gasteiger partial charge is 0.260 e. The minimum Gasteiger partial charge on any atom is -0.494 e. The maximum Gasteiger partial charge on any atom is 0.260 e. The van der Waals surface area contributed by atoms with Gasteiger partial charge in [0.05, 0.1) is 16.7 Å². The molecule has 11 heteroatoms. The number of thiazole rings is 1. The average molecular weight is 583 g/mol. The number of carbonyl (C=O) groups is 1. The molecule has 0 fully saturated rings. The van der Waals surface area contributed by atoms with E-state index in [0.29, 0.717) is 36.1 Å². The molecule has 0 bridgehead atoms. The summed E-state index contributed by atoms with van der Waals surface area (Å²) in [6, 6.07) is 10.1.